The number of benzene rings is 2. The number of phenols is 1. The quantitative estimate of drug-likeness (QED) is 0.415. The molecule has 8 nitrogen and oxygen atoms in total. The number of phenolic OH excluding ortho intramolecular Hbond substituents is 1. The summed E-state index contributed by atoms with van der Waals surface area (Å²) in [6.07, 6.45) is -2.40. The highest BCUT2D eigenvalue weighted by Gasteiger charge is 2.39. The molecule has 1 aliphatic rings. The Hall–Kier alpha value is -2.30. The van der Waals surface area contributed by atoms with Gasteiger partial charge in [-0.1, -0.05) is 29.8 Å². The lowest BCUT2D eigenvalue weighted by molar-refractivity contribution is 0.0397. The lowest BCUT2D eigenvalue weighted by Crippen LogP contribution is -2.46. The molecule has 0 heterocycles. The number of halogens is 1. The standard InChI is InChI=1S/C16H16ClN3O5S/c17-9-6-7-10(13(21)16(9)26(18,24)25)20-12-11(14(22)15(12)23)19-8-4-2-1-3-5-8/h1-7,14-15,19-23H,(H2,18,24,25). The molecule has 0 bridgehead atoms. The summed E-state index contributed by atoms with van der Waals surface area (Å²) in [5.41, 5.74) is 1.11. The number of nitrogens with two attached hydrogens (primary N) is 1. The number of aliphatic hydroxyl groups is 2. The summed E-state index contributed by atoms with van der Waals surface area (Å²) < 4.78 is 23.2. The van der Waals surface area contributed by atoms with Crippen molar-refractivity contribution in [2.75, 3.05) is 10.6 Å². The van der Waals surface area contributed by atoms with Crippen LogP contribution in [0.4, 0.5) is 11.4 Å². The number of hydrogen-bond donors (Lipinski definition) is 6. The van der Waals surface area contributed by atoms with Gasteiger partial charge in [-0.05, 0) is 24.3 Å². The summed E-state index contributed by atoms with van der Waals surface area (Å²) in [7, 11) is -4.26. The Morgan fingerprint density at radius 1 is 0.962 bits per heavy atom. The van der Waals surface area contributed by atoms with Gasteiger partial charge in [-0.3, -0.25) is 0 Å². The van der Waals surface area contributed by atoms with Crippen LogP contribution >= 0.6 is 11.6 Å². The first-order chi connectivity index (χ1) is 12.2. The molecule has 0 fully saturated rings. The first-order valence-electron chi connectivity index (χ1n) is 7.43. The van der Waals surface area contributed by atoms with Crippen molar-refractivity contribution in [3.8, 4) is 5.75 Å². The molecular formula is C16H16ClN3O5S. The molecule has 0 saturated heterocycles. The van der Waals surface area contributed by atoms with E-state index in [4.69, 9.17) is 16.7 Å². The normalized spacial score (nSPS) is 19.8. The van der Waals surface area contributed by atoms with Crippen molar-refractivity contribution in [2.24, 2.45) is 5.14 Å². The van der Waals surface area contributed by atoms with Crippen LogP contribution in [0.15, 0.2) is 58.8 Å². The molecule has 0 radical (unpaired) electrons. The van der Waals surface area contributed by atoms with Crippen LogP contribution in [0.2, 0.25) is 5.02 Å². The zero-order chi connectivity index (χ0) is 19.1. The molecule has 0 spiro atoms. The van der Waals surface area contributed by atoms with Gasteiger partial charge >= 0.3 is 0 Å². The minimum absolute atomic E-state index is 0.0354. The minimum atomic E-state index is -4.26. The Labute approximate surface area is 154 Å². The Bertz CT molecular complexity index is 979. The van der Waals surface area contributed by atoms with Crippen molar-refractivity contribution in [3.63, 3.8) is 0 Å². The number of aromatic hydroxyl groups is 1. The van der Waals surface area contributed by atoms with Crippen LogP contribution in [0.5, 0.6) is 5.75 Å². The Balaban J connectivity index is 1.97. The highest BCUT2D eigenvalue weighted by Crippen LogP contribution is 2.39. The van der Waals surface area contributed by atoms with Crippen molar-refractivity contribution in [1.29, 1.82) is 0 Å². The van der Waals surface area contributed by atoms with Crippen molar-refractivity contribution in [1.82, 2.24) is 0 Å². The highest BCUT2D eigenvalue weighted by molar-refractivity contribution is 7.89. The molecule has 2 aromatic carbocycles. The molecule has 0 aliphatic heterocycles. The first-order valence-corrected chi connectivity index (χ1v) is 9.36. The highest BCUT2D eigenvalue weighted by atomic mass is 35.5. The van der Waals surface area contributed by atoms with Gasteiger partial charge < -0.3 is 26.0 Å². The van der Waals surface area contributed by atoms with Gasteiger partial charge in [0.05, 0.1) is 22.1 Å². The molecule has 2 atom stereocenters. The van der Waals surface area contributed by atoms with E-state index in [1.807, 2.05) is 6.07 Å². The molecule has 0 aromatic heterocycles. The van der Waals surface area contributed by atoms with E-state index in [1.54, 1.807) is 24.3 Å². The molecule has 7 N–H and O–H groups in total. The zero-order valence-corrected chi connectivity index (χ0v) is 14.8. The van der Waals surface area contributed by atoms with Crippen molar-refractivity contribution < 1.29 is 23.7 Å². The smallest absolute Gasteiger partial charge is 0.243 e. The van der Waals surface area contributed by atoms with Gasteiger partial charge in [0.2, 0.25) is 10.0 Å². The van der Waals surface area contributed by atoms with Gasteiger partial charge in [0.15, 0.2) is 5.75 Å². The number of primary sulfonamides is 1. The lowest BCUT2D eigenvalue weighted by Gasteiger charge is -2.36. The molecule has 10 heteroatoms. The Kier molecular flexibility index (Phi) is 4.82. The maximum absolute atomic E-state index is 11.6. The van der Waals surface area contributed by atoms with E-state index in [9.17, 15) is 23.7 Å². The molecule has 2 unspecified atom stereocenters. The predicted octanol–water partition coefficient (Wildman–Crippen LogP) is 1.16. The number of rotatable bonds is 5. The number of sulfonamides is 1. The number of anilines is 2. The number of hydrogen-bond acceptors (Lipinski definition) is 7. The van der Waals surface area contributed by atoms with Gasteiger partial charge in [-0.2, -0.15) is 0 Å². The molecule has 0 amide bonds. The third-order valence-corrected chi connectivity index (χ3v) is 5.28. The molecule has 3 rings (SSSR count). The summed E-state index contributed by atoms with van der Waals surface area (Å²) in [6, 6.07) is 11.5. The second kappa shape index (κ2) is 6.78. The van der Waals surface area contributed by atoms with E-state index in [0.717, 1.165) is 0 Å². The van der Waals surface area contributed by atoms with E-state index in [0.29, 0.717) is 5.69 Å². The minimum Gasteiger partial charge on any atom is -0.504 e. The topological polar surface area (TPSA) is 145 Å². The summed E-state index contributed by atoms with van der Waals surface area (Å²) in [4.78, 5) is -0.628. The van der Waals surface area contributed by atoms with Crippen LogP contribution in [0.3, 0.4) is 0 Å². The fraction of sp³-hybridized carbons (Fsp3) is 0.125. The van der Waals surface area contributed by atoms with Gasteiger partial charge in [-0.15, -0.1) is 0 Å². The fourth-order valence-corrected chi connectivity index (χ4v) is 3.76. The maximum atomic E-state index is 11.6. The Morgan fingerprint density at radius 3 is 2.12 bits per heavy atom. The third-order valence-electron chi connectivity index (χ3n) is 3.87. The largest absolute Gasteiger partial charge is 0.504 e. The molecule has 26 heavy (non-hydrogen) atoms. The average Bonchev–Trinajstić information content (AvgIpc) is 2.59. The van der Waals surface area contributed by atoms with Crippen molar-refractivity contribution in [2.45, 2.75) is 17.1 Å². The number of para-hydroxylation sites is 1. The van der Waals surface area contributed by atoms with E-state index in [-0.39, 0.29) is 22.1 Å². The van der Waals surface area contributed by atoms with Crippen LogP contribution in [0.25, 0.3) is 0 Å². The second-order valence-corrected chi connectivity index (χ2v) is 7.56. The monoisotopic (exact) mass is 397 g/mol. The fourth-order valence-electron chi connectivity index (χ4n) is 2.56. The van der Waals surface area contributed by atoms with Crippen LogP contribution < -0.4 is 15.8 Å². The summed E-state index contributed by atoms with van der Waals surface area (Å²) in [5.74, 6) is -0.680. The molecular weight excluding hydrogens is 382 g/mol. The third kappa shape index (κ3) is 3.35. The molecule has 2 aromatic rings. The molecule has 138 valence electrons. The van der Waals surface area contributed by atoms with Crippen LogP contribution in [0, 0.1) is 0 Å². The van der Waals surface area contributed by atoms with Gasteiger partial charge in [0.25, 0.3) is 0 Å². The summed E-state index contributed by atoms with van der Waals surface area (Å²) >= 11 is 5.80. The first kappa shape index (κ1) is 18.5. The number of aliphatic hydroxyl groups excluding tert-OH is 2. The van der Waals surface area contributed by atoms with E-state index in [1.165, 1.54) is 12.1 Å². The lowest BCUT2D eigenvalue weighted by atomic mass is 9.92. The van der Waals surface area contributed by atoms with Crippen LogP contribution in [-0.4, -0.2) is 35.9 Å². The SMILES string of the molecule is NS(=O)(=O)c1c(Cl)ccc(NC2=C(Nc3ccccc3)C(O)C2O)c1O. The predicted molar refractivity (Wildman–Crippen MR) is 97.2 cm³/mol. The summed E-state index contributed by atoms with van der Waals surface area (Å²) in [5, 5.41) is 40.7. The van der Waals surface area contributed by atoms with Crippen molar-refractivity contribution in [3.05, 3.63) is 58.9 Å². The van der Waals surface area contributed by atoms with Gasteiger partial charge in [0.1, 0.15) is 17.1 Å². The number of nitrogens with one attached hydrogen (secondary N) is 2. The van der Waals surface area contributed by atoms with Gasteiger partial charge in [0, 0.05) is 5.69 Å². The maximum Gasteiger partial charge on any atom is 0.243 e. The van der Waals surface area contributed by atoms with E-state index < -0.39 is 32.9 Å². The van der Waals surface area contributed by atoms with Gasteiger partial charge in [-0.25, -0.2) is 13.6 Å². The summed E-state index contributed by atoms with van der Waals surface area (Å²) in [6.45, 7) is 0. The molecule has 0 saturated carbocycles. The van der Waals surface area contributed by atoms with Crippen LogP contribution in [-0.2, 0) is 10.0 Å². The average molecular weight is 398 g/mol. The van der Waals surface area contributed by atoms with Crippen LogP contribution in [0.1, 0.15) is 0 Å². The second-order valence-electron chi connectivity index (χ2n) is 5.65. The van der Waals surface area contributed by atoms with Crippen molar-refractivity contribution >= 4 is 33.0 Å². The van der Waals surface area contributed by atoms with E-state index >= 15 is 0 Å². The Morgan fingerprint density at radius 2 is 1.54 bits per heavy atom. The molecule has 1 aliphatic carbocycles. The zero-order valence-electron chi connectivity index (χ0n) is 13.2. The van der Waals surface area contributed by atoms with E-state index in [2.05, 4.69) is 10.6 Å².